The second-order valence-electron chi connectivity index (χ2n) is 5.25. The van der Waals surface area contributed by atoms with Crippen LogP contribution in [0.2, 0.25) is 0 Å². The largest absolute Gasteiger partial charge is 0.505 e. The number of rotatable bonds is 3. The van der Waals surface area contributed by atoms with Crippen LogP contribution in [-0.4, -0.2) is 10.1 Å². The van der Waals surface area contributed by atoms with E-state index in [1.54, 1.807) is 18.3 Å². The quantitative estimate of drug-likeness (QED) is 0.713. The third kappa shape index (κ3) is 2.83. The van der Waals surface area contributed by atoms with Gasteiger partial charge in [0.15, 0.2) is 5.75 Å². The van der Waals surface area contributed by atoms with Gasteiger partial charge in [-0.3, -0.25) is 4.98 Å². The first-order valence-corrected chi connectivity index (χ1v) is 7.91. The van der Waals surface area contributed by atoms with Crippen molar-refractivity contribution in [2.24, 2.45) is 0 Å². The fourth-order valence-electron chi connectivity index (χ4n) is 2.62. The molecule has 0 bridgehead atoms. The lowest BCUT2D eigenvalue weighted by Gasteiger charge is -2.09. The topological polar surface area (TPSA) is 33.1 Å². The monoisotopic (exact) mass is 359 g/mol. The molecule has 0 unspecified atom stereocenters. The average molecular weight is 360 g/mol. The molecule has 3 aromatic rings. The van der Waals surface area contributed by atoms with Crippen molar-refractivity contribution >= 4 is 26.8 Å². The predicted molar refractivity (Wildman–Crippen MR) is 89.7 cm³/mol. The zero-order valence-electron chi connectivity index (χ0n) is 12.1. The van der Waals surface area contributed by atoms with Gasteiger partial charge < -0.3 is 5.11 Å². The third-order valence-electron chi connectivity index (χ3n) is 3.78. The molecule has 0 fully saturated rings. The van der Waals surface area contributed by atoms with Gasteiger partial charge >= 0.3 is 0 Å². The molecule has 2 aromatic carbocycles. The number of hydrogen-bond acceptors (Lipinski definition) is 2. The van der Waals surface area contributed by atoms with Gasteiger partial charge in [0.05, 0.1) is 4.47 Å². The maximum Gasteiger partial charge on any atom is 0.156 e. The van der Waals surface area contributed by atoms with E-state index in [2.05, 4.69) is 20.9 Å². The summed E-state index contributed by atoms with van der Waals surface area (Å²) in [6.45, 7) is 2.02. The van der Waals surface area contributed by atoms with E-state index in [4.69, 9.17) is 0 Å². The molecular weight excluding hydrogens is 345 g/mol. The Balaban J connectivity index is 2.00. The van der Waals surface area contributed by atoms with Crippen LogP contribution < -0.4 is 0 Å². The molecule has 0 saturated heterocycles. The van der Waals surface area contributed by atoms with E-state index in [1.807, 2.05) is 25.1 Å². The molecular formula is C18H15BrFNO. The average Bonchev–Trinajstić information content (AvgIpc) is 2.53. The highest BCUT2D eigenvalue weighted by molar-refractivity contribution is 9.10. The minimum atomic E-state index is -0.202. The summed E-state index contributed by atoms with van der Waals surface area (Å²) in [7, 11) is 0. The van der Waals surface area contributed by atoms with Gasteiger partial charge in [-0.25, -0.2) is 4.39 Å². The van der Waals surface area contributed by atoms with Crippen LogP contribution >= 0.6 is 15.9 Å². The molecule has 2 nitrogen and oxygen atoms in total. The summed E-state index contributed by atoms with van der Waals surface area (Å²) < 4.78 is 14.0. The first-order valence-electron chi connectivity index (χ1n) is 7.12. The number of aromatic hydroxyl groups is 1. The zero-order valence-corrected chi connectivity index (χ0v) is 13.7. The number of halogens is 2. The van der Waals surface area contributed by atoms with Crippen molar-refractivity contribution in [3.8, 4) is 5.75 Å². The van der Waals surface area contributed by atoms with Gasteiger partial charge in [0.2, 0.25) is 0 Å². The lowest BCUT2D eigenvalue weighted by Crippen LogP contribution is -1.96. The van der Waals surface area contributed by atoms with Gasteiger partial charge in [0, 0.05) is 11.6 Å². The molecule has 0 spiro atoms. The first kappa shape index (κ1) is 15.0. The van der Waals surface area contributed by atoms with E-state index in [0.29, 0.717) is 16.4 Å². The highest BCUT2D eigenvalue weighted by Crippen LogP contribution is 2.31. The van der Waals surface area contributed by atoms with Gasteiger partial charge in [-0.05, 0) is 69.7 Å². The van der Waals surface area contributed by atoms with Crippen molar-refractivity contribution in [3.63, 3.8) is 0 Å². The number of nitrogens with zero attached hydrogens (tertiary/aromatic N) is 1. The van der Waals surface area contributed by atoms with Crippen molar-refractivity contribution in [1.29, 1.82) is 0 Å². The number of aromatic nitrogens is 1. The molecule has 3 rings (SSSR count). The molecule has 1 heterocycles. The van der Waals surface area contributed by atoms with Gasteiger partial charge in [-0.2, -0.15) is 0 Å². The van der Waals surface area contributed by atoms with Crippen LogP contribution in [0.25, 0.3) is 10.9 Å². The predicted octanol–water partition coefficient (Wildman–Crippen LogP) is 5.00. The normalized spacial score (nSPS) is 11.0. The molecule has 0 saturated carbocycles. The van der Waals surface area contributed by atoms with Crippen LogP contribution in [0.3, 0.4) is 0 Å². The molecule has 0 aliphatic rings. The summed E-state index contributed by atoms with van der Waals surface area (Å²) in [5.41, 5.74) is 3.73. The summed E-state index contributed by atoms with van der Waals surface area (Å²) in [6, 6.07) is 10.6. The van der Waals surface area contributed by atoms with Crippen molar-refractivity contribution < 1.29 is 9.50 Å². The van der Waals surface area contributed by atoms with E-state index in [1.165, 1.54) is 6.07 Å². The Hall–Kier alpha value is -1.94. The van der Waals surface area contributed by atoms with E-state index in [9.17, 15) is 9.50 Å². The van der Waals surface area contributed by atoms with E-state index in [0.717, 1.165) is 28.5 Å². The molecule has 4 heteroatoms. The second kappa shape index (κ2) is 6.05. The highest BCUT2D eigenvalue weighted by Gasteiger charge is 2.08. The molecule has 0 atom stereocenters. The van der Waals surface area contributed by atoms with Crippen LogP contribution in [0.15, 0.2) is 47.1 Å². The summed E-state index contributed by atoms with van der Waals surface area (Å²) in [6.07, 6.45) is 3.25. The van der Waals surface area contributed by atoms with Crippen molar-refractivity contribution in [3.05, 3.63) is 69.6 Å². The first-order chi connectivity index (χ1) is 10.6. The summed E-state index contributed by atoms with van der Waals surface area (Å²) in [5, 5.41) is 10.9. The van der Waals surface area contributed by atoms with Crippen LogP contribution in [-0.2, 0) is 12.8 Å². The van der Waals surface area contributed by atoms with E-state index < -0.39 is 0 Å². The molecule has 0 aliphatic carbocycles. The van der Waals surface area contributed by atoms with Gasteiger partial charge in [0.25, 0.3) is 0 Å². The minimum absolute atomic E-state index is 0.153. The summed E-state index contributed by atoms with van der Waals surface area (Å²) >= 11 is 3.29. The number of benzene rings is 2. The Morgan fingerprint density at radius 2 is 1.95 bits per heavy atom. The zero-order chi connectivity index (χ0) is 15.7. The maximum atomic E-state index is 13.3. The standard InChI is InChI=1S/C18H15BrFNO/c1-2-12-9-15(20)5-3-13(12)7-11-8-14-4-6-16(19)18(22)17(14)21-10-11/h3-6,8-10,22H,2,7H2,1H3. The minimum Gasteiger partial charge on any atom is -0.505 e. The maximum absolute atomic E-state index is 13.3. The van der Waals surface area contributed by atoms with Gasteiger partial charge in [-0.15, -0.1) is 0 Å². The molecule has 1 N–H and O–H groups in total. The van der Waals surface area contributed by atoms with E-state index >= 15 is 0 Å². The molecule has 0 radical (unpaired) electrons. The smallest absolute Gasteiger partial charge is 0.156 e. The van der Waals surface area contributed by atoms with Crippen LogP contribution in [0.5, 0.6) is 5.75 Å². The Kier molecular flexibility index (Phi) is 4.12. The highest BCUT2D eigenvalue weighted by atomic mass is 79.9. The number of phenols is 1. The third-order valence-corrected chi connectivity index (χ3v) is 4.42. The molecule has 1 aromatic heterocycles. The molecule has 22 heavy (non-hydrogen) atoms. The number of aryl methyl sites for hydroxylation is 1. The Bertz CT molecular complexity index is 848. The molecule has 0 aliphatic heterocycles. The summed E-state index contributed by atoms with van der Waals surface area (Å²) in [5.74, 6) is -0.0490. The van der Waals surface area contributed by atoms with Crippen LogP contribution in [0.4, 0.5) is 4.39 Å². The lowest BCUT2D eigenvalue weighted by atomic mass is 9.98. The van der Waals surface area contributed by atoms with Gasteiger partial charge in [-0.1, -0.05) is 19.1 Å². The number of phenolic OH excluding ortho intramolecular Hbond substituents is 1. The van der Waals surface area contributed by atoms with Crippen LogP contribution in [0.1, 0.15) is 23.6 Å². The SMILES string of the molecule is CCc1cc(F)ccc1Cc1cnc2c(O)c(Br)ccc2c1. The fourth-order valence-corrected chi connectivity index (χ4v) is 2.94. The van der Waals surface area contributed by atoms with Gasteiger partial charge in [0.1, 0.15) is 11.3 Å². The van der Waals surface area contributed by atoms with Crippen LogP contribution in [0, 0.1) is 5.82 Å². The number of pyridine rings is 1. The fraction of sp³-hybridized carbons (Fsp3) is 0.167. The number of fused-ring (bicyclic) bond motifs is 1. The molecule has 0 amide bonds. The summed E-state index contributed by atoms with van der Waals surface area (Å²) in [4.78, 5) is 4.36. The van der Waals surface area contributed by atoms with Crippen molar-refractivity contribution in [2.45, 2.75) is 19.8 Å². The Morgan fingerprint density at radius 3 is 2.73 bits per heavy atom. The van der Waals surface area contributed by atoms with E-state index in [-0.39, 0.29) is 11.6 Å². The van der Waals surface area contributed by atoms with Crippen molar-refractivity contribution in [2.75, 3.05) is 0 Å². The number of hydrogen-bond donors (Lipinski definition) is 1. The molecule has 112 valence electrons. The lowest BCUT2D eigenvalue weighted by molar-refractivity contribution is 0.477. The Labute approximate surface area is 136 Å². The second-order valence-corrected chi connectivity index (χ2v) is 6.11. The Morgan fingerprint density at radius 1 is 1.14 bits per heavy atom. The van der Waals surface area contributed by atoms with Crippen molar-refractivity contribution in [1.82, 2.24) is 4.98 Å².